The Balaban J connectivity index is 1.53. The van der Waals surface area contributed by atoms with E-state index in [1.54, 1.807) is 12.4 Å². The van der Waals surface area contributed by atoms with E-state index in [4.69, 9.17) is 4.98 Å². The van der Waals surface area contributed by atoms with Gasteiger partial charge in [-0.25, -0.2) is 0 Å². The molecule has 4 nitrogen and oxygen atoms in total. The maximum Gasteiger partial charge on any atom is 0.255 e. The third-order valence-electron chi connectivity index (χ3n) is 5.56. The number of pyridine rings is 2. The van der Waals surface area contributed by atoms with Gasteiger partial charge < -0.3 is 4.90 Å². The molecule has 3 heterocycles. The van der Waals surface area contributed by atoms with E-state index < -0.39 is 0 Å². The van der Waals surface area contributed by atoms with Crippen molar-refractivity contribution in [3.63, 3.8) is 0 Å². The molecule has 0 saturated carbocycles. The van der Waals surface area contributed by atoms with Crippen molar-refractivity contribution in [1.82, 2.24) is 14.9 Å². The minimum atomic E-state index is 0.0652. The number of rotatable bonds is 4. The summed E-state index contributed by atoms with van der Waals surface area (Å²) < 4.78 is 0. The number of likely N-dealkylation sites (tertiary alicyclic amines) is 1. The van der Waals surface area contributed by atoms with Crippen LogP contribution in [-0.2, 0) is 6.42 Å². The van der Waals surface area contributed by atoms with Gasteiger partial charge in [-0.05, 0) is 68.5 Å². The number of carbonyl (C=O) groups is 1. The van der Waals surface area contributed by atoms with Crippen LogP contribution in [0.4, 0.5) is 0 Å². The molecule has 4 rings (SSSR count). The molecule has 0 radical (unpaired) electrons. The Kier molecular flexibility index (Phi) is 5.70. The number of hydrogen-bond donors (Lipinski definition) is 0. The first-order valence-corrected chi connectivity index (χ1v) is 10.3. The van der Waals surface area contributed by atoms with Crippen molar-refractivity contribution < 1.29 is 4.79 Å². The fraction of sp³-hybridized carbons (Fsp3) is 0.320. The maximum absolute atomic E-state index is 12.8. The number of carbonyl (C=O) groups excluding carboxylic acids is 1. The van der Waals surface area contributed by atoms with Crippen molar-refractivity contribution >= 4 is 5.91 Å². The average molecular weight is 386 g/mol. The summed E-state index contributed by atoms with van der Waals surface area (Å²) in [5.41, 5.74) is 6.69. The third kappa shape index (κ3) is 4.70. The minimum Gasteiger partial charge on any atom is -0.338 e. The molecule has 1 amide bonds. The van der Waals surface area contributed by atoms with Crippen molar-refractivity contribution in [3.8, 4) is 0 Å². The molecule has 0 N–H and O–H groups in total. The molecule has 2 aromatic heterocycles. The molecule has 1 aliphatic heterocycles. The van der Waals surface area contributed by atoms with E-state index in [9.17, 15) is 4.79 Å². The molecular weight excluding hydrogens is 358 g/mol. The number of nitrogens with zero attached hydrogens (tertiary/aromatic N) is 3. The van der Waals surface area contributed by atoms with Gasteiger partial charge in [-0.2, -0.15) is 0 Å². The van der Waals surface area contributed by atoms with E-state index in [1.807, 2.05) is 17.0 Å². The van der Waals surface area contributed by atoms with Gasteiger partial charge in [0.05, 0.1) is 5.56 Å². The van der Waals surface area contributed by atoms with E-state index in [-0.39, 0.29) is 11.8 Å². The first kappa shape index (κ1) is 19.3. The molecule has 1 fully saturated rings. The zero-order valence-corrected chi connectivity index (χ0v) is 17.1. The Hall–Kier alpha value is -3.01. The van der Waals surface area contributed by atoms with Crippen LogP contribution in [0, 0.1) is 13.8 Å². The van der Waals surface area contributed by atoms with Crippen LogP contribution in [0.15, 0.2) is 60.9 Å². The standard InChI is InChI=1S/C25H27N3O/c1-18-6-3-7-20(12-18)14-21-13-19(2)27-24(15-21)23-9-5-11-28(17-23)25(29)22-8-4-10-26-16-22/h3-4,6-8,10,12-13,15-16,23H,5,9,11,14,17H2,1-2H3. The molecule has 0 bridgehead atoms. The topological polar surface area (TPSA) is 46.1 Å². The van der Waals surface area contributed by atoms with Gasteiger partial charge in [0.2, 0.25) is 0 Å². The molecule has 1 saturated heterocycles. The van der Waals surface area contributed by atoms with Crippen LogP contribution >= 0.6 is 0 Å². The van der Waals surface area contributed by atoms with Crippen LogP contribution in [0.2, 0.25) is 0 Å². The Bertz CT molecular complexity index is 1000. The number of benzene rings is 1. The largest absolute Gasteiger partial charge is 0.338 e. The van der Waals surface area contributed by atoms with Gasteiger partial charge in [0, 0.05) is 42.8 Å². The lowest BCUT2D eigenvalue weighted by Crippen LogP contribution is -2.39. The normalized spacial score (nSPS) is 16.6. The van der Waals surface area contributed by atoms with Gasteiger partial charge in [-0.15, -0.1) is 0 Å². The molecule has 29 heavy (non-hydrogen) atoms. The highest BCUT2D eigenvalue weighted by atomic mass is 16.2. The molecular formula is C25H27N3O. The summed E-state index contributed by atoms with van der Waals surface area (Å²) in [6, 6.07) is 16.7. The Morgan fingerprint density at radius 1 is 1.10 bits per heavy atom. The lowest BCUT2D eigenvalue weighted by molar-refractivity contribution is 0.0705. The predicted molar refractivity (Wildman–Crippen MR) is 115 cm³/mol. The Morgan fingerprint density at radius 3 is 2.79 bits per heavy atom. The Morgan fingerprint density at radius 2 is 2.00 bits per heavy atom. The first-order valence-electron chi connectivity index (χ1n) is 10.3. The van der Waals surface area contributed by atoms with Gasteiger partial charge >= 0.3 is 0 Å². The number of amides is 1. The van der Waals surface area contributed by atoms with E-state index in [0.717, 1.165) is 37.2 Å². The van der Waals surface area contributed by atoms with Crippen LogP contribution in [0.5, 0.6) is 0 Å². The summed E-state index contributed by atoms with van der Waals surface area (Å²) in [5, 5.41) is 0. The molecule has 1 aromatic carbocycles. The summed E-state index contributed by atoms with van der Waals surface area (Å²) in [6.45, 7) is 5.70. The van der Waals surface area contributed by atoms with Crippen molar-refractivity contribution in [2.24, 2.45) is 0 Å². The fourth-order valence-corrected chi connectivity index (χ4v) is 4.21. The van der Waals surface area contributed by atoms with Gasteiger partial charge in [0.1, 0.15) is 0 Å². The maximum atomic E-state index is 12.8. The molecule has 1 unspecified atom stereocenters. The van der Waals surface area contributed by atoms with Gasteiger partial charge in [0.15, 0.2) is 0 Å². The predicted octanol–water partition coefficient (Wildman–Crippen LogP) is 4.70. The highest BCUT2D eigenvalue weighted by Crippen LogP contribution is 2.28. The quantitative estimate of drug-likeness (QED) is 0.654. The van der Waals surface area contributed by atoms with Crippen LogP contribution in [0.3, 0.4) is 0 Å². The highest BCUT2D eigenvalue weighted by Gasteiger charge is 2.26. The SMILES string of the molecule is Cc1cccc(Cc2cc(C)nc(C3CCCN(C(=O)c4cccnc4)C3)c2)c1. The summed E-state index contributed by atoms with van der Waals surface area (Å²) in [5.74, 6) is 0.343. The number of hydrogen-bond acceptors (Lipinski definition) is 3. The van der Waals surface area contributed by atoms with Gasteiger partial charge in [-0.3, -0.25) is 14.8 Å². The van der Waals surface area contributed by atoms with Crippen molar-refractivity contribution in [2.75, 3.05) is 13.1 Å². The molecule has 0 spiro atoms. The van der Waals surface area contributed by atoms with Crippen LogP contribution in [0.25, 0.3) is 0 Å². The summed E-state index contributed by atoms with van der Waals surface area (Å²) in [7, 11) is 0. The molecule has 0 aliphatic carbocycles. The second-order valence-corrected chi connectivity index (χ2v) is 8.04. The number of aromatic nitrogens is 2. The number of aryl methyl sites for hydroxylation is 2. The zero-order valence-electron chi connectivity index (χ0n) is 17.1. The molecule has 1 aliphatic rings. The smallest absolute Gasteiger partial charge is 0.255 e. The van der Waals surface area contributed by atoms with E-state index in [0.29, 0.717) is 12.1 Å². The van der Waals surface area contributed by atoms with Gasteiger partial charge in [-0.1, -0.05) is 29.8 Å². The van der Waals surface area contributed by atoms with E-state index in [2.05, 4.69) is 55.2 Å². The van der Waals surface area contributed by atoms with Crippen LogP contribution < -0.4 is 0 Å². The van der Waals surface area contributed by atoms with Crippen molar-refractivity contribution in [3.05, 3.63) is 94.6 Å². The highest BCUT2D eigenvalue weighted by molar-refractivity contribution is 5.94. The lowest BCUT2D eigenvalue weighted by atomic mass is 9.92. The first-order chi connectivity index (χ1) is 14.1. The molecule has 3 aromatic rings. The van der Waals surface area contributed by atoms with Crippen LogP contribution in [0.1, 0.15) is 57.2 Å². The lowest BCUT2D eigenvalue weighted by Gasteiger charge is -2.32. The molecule has 1 atom stereocenters. The summed E-state index contributed by atoms with van der Waals surface area (Å²) in [4.78, 5) is 23.7. The third-order valence-corrected chi connectivity index (χ3v) is 5.56. The second-order valence-electron chi connectivity index (χ2n) is 8.04. The second kappa shape index (κ2) is 8.56. The average Bonchev–Trinajstić information content (AvgIpc) is 2.73. The molecule has 148 valence electrons. The summed E-state index contributed by atoms with van der Waals surface area (Å²) in [6.07, 6.45) is 6.32. The monoisotopic (exact) mass is 385 g/mol. The Labute approximate surface area is 172 Å². The minimum absolute atomic E-state index is 0.0652. The van der Waals surface area contributed by atoms with Gasteiger partial charge in [0.25, 0.3) is 5.91 Å². The van der Waals surface area contributed by atoms with E-state index in [1.165, 1.54) is 16.7 Å². The van der Waals surface area contributed by atoms with Crippen molar-refractivity contribution in [2.45, 2.75) is 39.0 Å². The number of piperidine rings is 1. The zero-order chi connectivity index (χ0) is 20.2. The summed E-state index contributed by atoms with van der Waals surface area (Å²) >= 11 is 0. The fourth-order valence-electron chi connectivity index (χ4n) is 4.21. The van der Waals surface area contributed by atoms with Crippen molar-refractivity contribution in [1.29, 1.82) is 0 Å². The molecule has 4 heteroatoms. The van der Waals surface area contributed by atoms with E-state index >= 15 is 0 Å². The van der Waals surface area contributed by atoms with Crippen LogP contribution in [-0.4, -0.2) is 33.9 Å².